The Morgan fingerprint density at radius 3 is 2.70 bits per heavy atom. The van der Waals surface area contributed by atoms with Gasteiger partial charge in [0.05, 0.1) is 11.6 Å². The second-order valence-corrected chi connectivity index (χ2v) is 1.95. The number of aromatic nitrogens is 1. The summed E-state index contributed by atoms with van der Waals surface area (Å²) in [6.07, 6.45) is 1.18. The van der Waals surface area contributed by atoms with Gasteiger partial charge in [0, 0.05) is 6.20 Å². The molecule has 4 heteroatoms. The predicted molar refractivity (Wildman–Crippen MR) is 33.7 cm³/mol. The van der Waals surface area contributed by atoms with Crippen molar-refractivity contribution in [3.05, 3.63) is 29.6 Å². The summed E-state index contributed by atoms with van der Waals surface area (Å²) in [5, 5.41) is 0. The van der Waals surface area contributed by atoms with Gasteiger partial charge in [-0.05, 0) is 6.07 Å². The molecule has 1 aromatic heterocycles. The molecule has 0 spiro atoms. The van der Waals surface area contributed by atoms with Gasteiger partial charge in [-0.1, -0.05) is 0 Å². The minimum Gasteiger partial charge on any atom is -0.257 e. The van der Waals surface area contributed by atoms with E-state index in [2.05, 4.69) is 4.98 Å². The van der Waals surface area contributed by atoms with E-state index in [9.17, 15) is 8.78 Å². The van der Waals surface area contributed by atoms with Crippen LogP contribution in [0.15, 0.2) is 12.3 Å². The molecule has 0 aliphatic rings. The quantitative estimate of drug-likeness (QED) is 0.578. The van der Waals surface area contributed by atoms with E-state index in [0.29, 0.717) is 0 Å². The lowest BCUT2D eigenvalue weighted by atomic mass is 10.3. The standard InChI is InChI=1S/C6H4ClF2N/c7-3-5-6(9)4(8)1-2-10-5/h1-2H,3H2. The van der Waals surface area contributed by atoms with Crippen LogP contribution in [0.4, 0.5) is 8.78 Å². The monoisotopic (exact) mass is 163 g/mol. The minimum atomic E-state index is -0.961. The number of rotatable bonds is 1. The molecule has 1 heterocycles. The smallest absolute Gasteiger partial charge is 0.181 e. The molecule has 1 rings (SSSR count). The van der Waals surface area contributed by atoms with Crippen molar-refractivity contribution in [2.24, 2.45) is 0 Å². The average Bonchev–Trinajstić information content (AvgIpc) is 1.95. The lowest BCUT2D eigenvalue weighted by Crippen LogP contribution is -1.93. The largest absolute Gasteiger partial charge is 0.257 e. The third kappa shape index (κ3) is 1.24. The maximum Gasteiger partial charge on any atom is 0.181 e. The minimum absolute atomic E-state index is 0.0540. The van der Waals surface area contributed by atoms with E-state index in [-0.39, 0.29) is 11.6 Å². The molecule has 0 saturated carbocycles. The molecule has 0 aliphatic carbocycles. The number of alkyl halides is 1. The second kappa shape index (κ2) is 2.92. The van der Waals surface area contributed by atoms with Crippen LogP contribution in [0.3, 0.4) is 0 Å². The zero-order valence-corrected chi connectivity index (χ0v) is 5.70. The summed E-state index contributed by atoms with van der Waals surface area (Å²) >= 11 is 5.24. The van der Waals surface area contributed by atoms with Crippen molar-refractivity contribution in [3.8, 4) is 0 Å². The van der Waals surface area contributed by atoms with Gasteiger partial charge in [0.25, 0.3) is 0 Å². The first-order chi connectivity index (χ1) is 4.75. The Balaban J connectivity index is 3.14. The van der Waals surface area contributed by atoms with Gasteiger partial charge >= 0.3 is 0 Å². The first-order valence-corrected chi connectivity index (χ1v) is 3.14. The van der Waals surface area contributed by atoms with Gasteiger partial charge in [-0.15, -0.1) is 11.6 Å². The molecule has 0 bridgehead atoms. The third-order valence-corrected chi connectivity index (χ3v) is 1.29. The molecule has 54 valence electrons. The van der Waals surface area contributed by atoms with Crippen LogP contribution in [0.5, 0.6) is 0 Å². The Bertz CT molecular complexity index is 239. The second-order valence-electron chi connectivity index (χ2n) is 1.69. The molecule has 1 nitrogen and oxygen atoms in total. The van der Waals surface area contributed by atoms with E-state index < -0.39 is 11.6 Å². The fraction of sp³-hybridized carbons (Fsp3) is 0.167. The van der Waals surface area contributed by atoms with E-state index in [4.69, 9.17) is 11.6 Å². The number of hydrogen-bond donors (Lipinski definition) is 0. The topological polar surface area (TPSA) is 12.9 Å². The van der Waals surface area contributed by atoms with E-state index in [1.807, 2.05) is 0 Å². The number of halogens is 3. The molecule has 10 heavy (non-hydrogen) atoms. The molecular formula is C6H4ClF2N. The van der Waals surface area contributed by atoms with Crippen molar-refractivity contribution in [2.45, 2.75) is 5.88 Å². The summed E-state index contributed by atoms with van der Waals surface area (Å²) < 4.78 is 24.8. The van der Waals surface area contributed by atoms with Gasteiger partial charge in [0.15, 0.2) is 11.6 Å². The van der Waals surface area contributed by atoms with Crippen LogP contribution < -0.4 is 0 Å². The predicted octanol–water partition coefficient (Wildman–Crippen LogP) is 2.10. The van der Waals surface area contributed by atoms with Crippen LogP contribution in [0.2, 0.25) is 0 Å². The molecule has 0 fully saturated rings. The Hall–Kier alpha value is -0.700. The normalized spacial score (nSPS) is 9.90. The number of hydrogen-bond acceptors (Lipinski definition) is 1. The van der Waals surface area contributed by atoms with Crippen LogP contribution in [0.25, 0.3) is 0 Å². The molecule has 1 aromatic rings. The summed E-state index contributed by atoms with van der Waals surface area (Å²) in [6.45, 7) is 0. The highest BCUT2D eigenvalue weighted by Gasteiger charge is 2.06. The molecule has 0 N–H and O–H groups in total. The van der Waals surface area contributed by atoms with Crippen molar-refractivity contribution >= 4 is 11.6 Å². The zero-order valence-electron chi connectivity index (χ0n) is 4.94. The third-order valence-electron chi connectivity index (χ3n) is 1.04. The first-order valence-electron chi connectivity index (χ1n) is 2.60. The Labute approximate surface area is 61.7 Å². The lowest BCUT2D eigenvalue weighted by Gasteiger charge is -1.95. The van der Waals surface area contributed by atoms with Gasteiger partial charge < -0.3 is 0 Å². The summed E-state index contributed by atoms with van der Waals surface area (Å²) in [5.74, 6) is -1.98. The van der Waals surface area contributed by atoms with Gasteiger partial charge in [-0.3, -0.25) is 4.98 Å². The molecule has 0 aromatic carbocycles. The van der Waals surface area contributed by atoms with Gasteiger partial charge in [-0.2, -0.15) is 0 Å². The Morgan fingerprint density at radius 1 is 1.50 bits per heavy atom. The van der Waals surface area contributed by atoms with Gasteiger partial charge in [0.2, 0.25) is 0 Å². The highest BCUT2D eigenvalue weighted by atomic mass is 35.5. The van der Waals surface area contributed by atoms with Crippen molar-refractivity contribution in [1.82, 2.24) is 4.98 Å². The summed E-state index contributed by atoms with van der Waals surface area (Å²) in [5.41, 5.74) is -0.0540. The molecule has 0 atom stereocenters. The molecule has 0 radical (unpaired) electrons. The van der Waals surface area contributed by atoms with Crippen LogP contribution in [-0.2, 0) is 5.88 Å². The maximum absolute atomic E-state index is 12.5. The summed E-state index contributed by atoms with van der Waals surface area (Å²) in [4.78, 5) is 3.51. The molecule has 0 aliphatic heterocycles. The van der Waals surface area contributed by atoms with Gasteiger partial charge in [-0.25, -0.2) is 8.78 Å². The average molecular weight is 164 g/mol. The Morgan fingerprint density at radius 2 is 2.20 bits per heavy atom. The van der Waals surface area contributed by atoms with Crippen LogP contribution in [-0.4, -0.2) is 4.98 Å². The Kier molecular flexibility index (Phi) is 2.17. The molecule has 0 saturated heterocycles. The highest BCUT2D eigenvalue weighted by molar-refractivity contribution is 6.16. The fourth-order valence-electron chi connectivity index (χ4n) is 0.554. The van der Waals surface area contributed by atoms with E-state index in [1.165, 1.54) is 6.20 Å². The molecule has 0 amide bonds. The van der Waals surface area contributed by atoms with Crippen molar-refractivity contribution in [1.29, 1.82) is 0 Å². The highest BCUT2D eigenvalue weighted by Crippen LogP contribution is 2.09. The fourth-order valence-corrected chi connectivity index (χ4v) is 0.740. The molecular weight excluding hydrogens is 160 g/mol. The SMILES string of the molecule is Fc1ccnc(CCl)c1F. The van der Waals surface area contributed by atoms with E-state index in [0.717, 1.165) is 6.07 Å². The van der Waals surface area contributed by atoms with Crippen molar-refractivity contribution < 1.29 is 8.78 Å². The number of nitrogens with zero attached hydrogens (tertiary/aromatic N) is 1. The molecule has 0 unspecified atom stereocenters. The summed E-state index contributed by atoms with van der Waals surface area (Å²) in [6, 6.07) is 0.950. The van der Waals surface area contributed by atoms with Gasteiger partial charge in [0.1, 0.15) is 0 Å². The summed E-state index contributed by atoms with van der Waals surface area (Å²) in [7, 11) is 0. The zero-order chi connectivity index (χ0) is 7.56. The van der Waals surface area contributed by atoms with E-state index in [1.54, 1.807) is 0 Å². The van der Waals surface area contributed by atoms with Crippen LogP contribution in [0.1, 0.15) is 5.69 Å². The van der Waals surface area contributed by atoms with E-state index >= 15 is 0 Å². The maximum atomic E-state index is 12.5. The van der Waals surface area contributed by atoms with Crippen molar-refractivity contribution in [3.63, 3.8) is 0 Å². The first kappa shape index (κ1) is 7.41. The lowest BCUT2D eigenvalue weighted by molar-refractivity contribution is 0.496. The van der Waals surface area contributed by atoms with Crippen molar-refractivity contribution in [2.75, 3.05) is 0 Å². The van der Waals surface area contributed by atoms with Crippen LogP contribution in [0, 0.1) is 11.6 Å². The number of pyridine rings is 1. The van der Waals surface area contributed by atoms with Crippen LogP contribution >= 0.6 is 11.6 Å².